The fourth-order valence-electron chi connectivity index (χ4n) is 0.556. The molecule has 0 aromatic heterocycles. The Balaban J connectivity index is 3.18. The molecule has 0 N–H and O–H groups in total. The van der Waals surface area contributed by atoms with Gasteiger partial charge >= 0.3 is 0 Å². The van der Waals surface area contributed by atoms with Gasteiger partial charge in [-0.1, -0.05) is 0 Å². The Bertz CT molecular complexity index is 55.8. The van der Waals surface area contributed by atoms with Gasteiger partial charge in [-0.05, 0) is 0 Å². The van der Waals surface area contributed by atoms with E-state index in [-0.39, 0.29) is 5.73 Å². The van der Waals surface area contributed by atoms with Gasteiger partial charge < -0.3 is 13.6 Å². The van der Waals surface area contributed by atoms with E-state index >= 15 is 0 Å². The fraction of sp³-hybridized carbons (Fsp3) is 1.00. The number of rotatable bonds is 5. The van der Waals surface area contributed by atoms with Gasteiger partial charge in [-0.3, -0.25) is 0 Å². The Morgan fingerprint density at radius 1 is 1.56 bits per heavy atom. The average molecular weight is 166 g/mol. The van der Waals surface area contributed by atoms with Gasteiger partial charge in [0.1, 0.15) is 10.5 Å². The summed E-state index contributed by atoms with van der Waals surface area (Å²) in [6.45, 7) is 0.672. The molecule has 0 saturated heterocycles. The van der Waals surface area contributed by atoms with E-state index < -0.39 is 9.76 Å². The molecule has 0 spiro atoms. The smallest absolute Gasteiger partial charge is 0.178 e. The van der Waals surface area contributed by atoms with Crippen LogP contribution in [0.3, 0.4) is 0 Å². The van der Waals surface area contributed by atoms with Gasteiger partial charge in [0.25, 0.3) is 0 Å². The number of hydrogen-bond acceptors (Lipinski definition) is 3. The highest BCUT2D eigenvalue weighted by atomic mass is 28.3. The average Bonchev–Trinajstić information content (AvgIpc) is 1.88. The summed E-state index contributed by atoms with van der Waals surface area (Å²) >= 11 is 0. The lowest BCUT2D eigenvalue weighted by molar-refractivity contribution is 0.0697. The molecule has 0 bridgehead atoms. The van der Waals surface area contributed by atoms with Gasteiger partial charge in [0.2, 0.25) is 0 Å². The molecule has 0 aromatic carbocycles. The fourth-order valence-corrected chi connectivity index (χ4v) is 2.51. The van der Waals surface area contributed by atoms with Crippen LogP contribution < -0.4 is 0 Å². The van der Waals surface area contributed by atoms with Crippen molar-refractivity contribution >= 4 is 20.2 Å². The van der Waals surface area contributed by atoms with Crippen molar-refractivity contribution in [3.05, 3.63) is 0 Å². The van der Waals surface area contributed by atoms with E-state index in [0.717, 1.165) is 10.5 Å². The third-order valence-electron chi connectivity index (χ3n) is 1.04. The molecule has 1 atom stereocenters. The van der Waals surface area contributed by atoms with E-state index in [4.69, 9.17) is 13.6 Å². The molecule has 3 nitrogen and oxygen atoms in total. The lowest BCUT2D eigenvalue weighted by Gasteiger charge is -2.11. The monoisotopic (exact) mass is 166 g/mol. The molecule has 0 amide bonds. The first-order valence-electron chi connectivity index (χ1n) is 2.85. The summed E-state index contributed by atoms with van der Waals surface area (Å²) in [5.74, 6) is 0. The molecule has 0 fully saturated rings. The summed E-state index contributed by atoms with van der Waals surface area (Å²) in [6, 6.07) is 0. The predicted octanol–water partition coefficient (Wildman–Crippen LogP) is -2.01. The maximum Gasteiger partial charge on any atom is 0.178 e. The highest BCUT2D eigenvalue weighted by Gasteiger charge is 2.04. The minimum absolute atomic E-state index is 0.243. The molecule has 5 heteroatoms. The molecule has 0 aromatic rings. The molecule has 0 saturated carbocycles. The van der Waals surface area contributed by atoms with Crippen LogP contribution in [0.5, 0.6) is 0 Å². The molecule has 0 rings (SSSR count). The molecule has 0 aliphatic heterocycles. The maximum atomic E-state index is 5.12. The molecule has 0 aliphatic rings. The lowest BCUT2D eigenvalue weighted by atomic mass is 10.8. The van der Waals surface area contributed by atoms with Crippen molar-refractivity contribution in [2.24, 2.45) is 0 Å². The van der Waals surface area contributed by atoms with Gasteiger partial charge in [0.05, 0.1) is 12.3 Å². The van der Waals surface area contributed by atoms with Crippen LogP contribution in [0.25, 0.3) is 0 Å². The van der Waals surface area contributed by atoms with Crippen LogP contribution in [0.4, 0.5) is 0 Å². The van der Waals surface area contributed by atoms with E-state index in [2.05, 4.69) is 0 Å². The molecular formula is C4H14O3Si2. The Morgan fingerprint density at radius 2 is 2.22 bits per heavy atom. The summed E-state index contributed by atoms with van der Waals surface area (Å²) < 4.78 is 15.1. The van der Waals surface area contributed by atoms with Crippen LogP contribution in [0.2, 0.25) is 0 Å². The van der Waals surface area contributed by atoms with Gasteiger partial charge in [0, 0.05) is 14.2 Å². The van der Waals surface area contributed by atoms with Gasteiger partial charge in [-0.2, -0.15) is 0 Å². The predicted molar refractivity (Wildman–Crippen MR) is 42.2 cm³/mol. The molecule has 0 heterocycles. The lowest BCUT2D eigenvalue weighted by Crippen LogP contribution is -2.26. The minimum Gasteiger partial charge on any atom is -0.466 e. The SMILES string of the molecule is COCC(OC)[SiH2]O[SiH3]. The van der Waals surface area contributed by atoms with Crippen molar-refractivity contribution in [1.29, 1.82) is 0 Å². The largest absolute Gasteiger partial charge is 0.466 e. The number of ether oxygens (including phenoxy) is 2. The van der Waals surface area contributed by atoms with Crippen molar-refractivity contribution in [3.63, 3.8) is 0 Å². The Labute approximate surface area is 61.2 Å². The molecule has 0 radical (unpaired) electrons. The second-order valence-electron chi connectivity index (χ2n) is 1.77. The summed E-state index contributed by atoms with van der Waals surface area (Å²) in [4.78, 5) is 0. The topological polar surface area (TPSA) is 27.7 Å². The van der Waals surface area contributed by atoms with Crippen molar-refractivity contribution in [1.82, 2.24) is 0 Å². The van der Waals surface area contributed by atoms with Crippen molar-refractivity contribution in [2.75, 3.05) is 20.8 Å². The van der Waals surface area contributed by atoms with Crippen LogP contribution >= 0.6 is 0 Å². The molecular weight excluding hydrogens is 152 g/mol. The van der Waals surface area contributed by atoms with Crippen LogP contribution in [0.1, 0.15) is 0 Å². The first kappa shape index (κ1) is 9.31. The Morgan fingerprint density at radius 3 is 2.56 bits per heavy atom. The summed E-state index contributed by atoms with van der Waals surface area (Å²) in [5, 5.41) is 0. The minimum atomic E-state index is -0.461. The highest BCUT2D eigenvalue weighted by molar-refractivity contribution is 6.35. The zero-order valence-corrected chi connectivity index (χ0v) is 9.63. The van der Waals surface area contributed by atoms with E-state index in [1.54, 1.807) is 14.2 Å². The zero-order chi connectivity index (χ0) is 7.11. The summed E-state index contributed by atoms with van der Waals surface area (Å²) in [6.07, 6.45) is 0. The Kier molecular flexibility index (Phi) is 6.66. The van der Waals surface area contributed by atoms with Crippen molar-refractivity contribution in [2.45, 2.75) is 5.73 Å². The first-order valence-corrected chi connectivity index (χ1v) is 5.06. The maximum absolute atomic E-state index is 5.12. The summed E-state index contributed by atoms with van der Waals surface area (Å²) in [5.41, 5.74) is 0.243. The molecule has 56 valence electrons. The standard InChI is InChI=1S/C4H14O3Si2/c1-5-3-4(6-2)9-7-8/h4H,3,9H2,1-2,8H3. The highest BCUT2D eigenvalue weighted by Crippen LogP contribution is 1.86. The van der Waals surface area contributed by atoms with Crippen molar-refractivity contribution < 1.29 is 13.6 Å². The second kappa shape index (κ2) is 6.43. The third kappa shape index (κ3) is 4.79. The normalized spacial score (nSPS) is 15.3. The van der Waals surface area contributed by atoms with E-state index in [1.165, 1.54) is 0 Å². The van der Waals surface area contributed by atoms with Crippen LogP contribution in [0, 0.1) is 0 Å². The molecule has 1 unspecified atom stereocenters. The van der Waals surface area contributed by atoms with Crippen LogP contribution in [0.15, 0.2) is 0 Å². The third-order valence-corrected chi connectivity index (χ3v) is 3.31. The zero-order valence-electron chi connectivity index (χ0n) is 6.22. The van der Waals surface area contributed by atoms with Gasteiger partial charge in [-0.15, -0.1) is 0 Å². The number of methoxy groups -OCH3 is 2. The van der Waals surface area contributed by atoms with Crippen molar-refractivity contribution in [3.8, 4) is 0 Å². The van der Waals surface area contributed by atoms with Crippen LogP contribution in [-0.2, 0) is 13.6 Å². The van der Waals surface area contributed by atoms with Crippen LogP contribution in [-0.4, -0.2) is 46.8 Å². The van der Waals surface area contributed by atoms with E-state index in [1.807, 2.05) is 0 Å². The Hall–Kier alpha value is 0.314. The number of hydrogen-bond donors (Lipinski definition) is 0. The van der Waals surface area contributed by atoms with E-state index in [9.17, 15) is 0 Å². The van der Waals surface area contributed by atoms with Gasteiger partial charge in [-0.25, -0.2) is 0 Å². The quantitative estimate of drug-likeness (QED) is 0.442. The molecule has 9 heavy (non-hydrogen) atoms. The van der Waals surface area contributed by atoms with Gasteiger partial charge in [0.15, 0.2) is 9.76 Å². The molecule has 0 aliphatic carbocycles. The van der Waals surface area contributed by atoms with E-state index in [0.29, 0.717) is 6.61 Å². The second-order valence-corrected chi connectivity index (χ2v) is 5.32. The first-order chi connectivity index (χ1) is 4.35. The summed E-state index contributed by atoms with van der Waals surface area (Å²) in [7, 11) is 3.73.